The Labute approximate surface area is 456 Å². The number of anilines is 2. The first-order chi connectivity index (χ1) is 38.4. The lowest BCUT2D eigenvalue weighted by Gasteiger charge is -2.40. The SMILES string of the molecule is C#Cc1c(F)ccc2cccc(-c3nc4c5c(nc(OC[C@@]67CCCN6[C@H](COC(=O)N6CCC(F)(CC8CCN(c9ccc%10c(C%11CCC(=O)NC%11=O)nn(C)c%10c9)CC8)CC6)CC7)nc5c3F)N3CCCOC[C@@H]3CC4)c12. The van der Waals surface area contributed by atoms with Crippen LogP contribution in [0.5, 0.6) is 6.01 Å². The maximum atomic E-state index is 17.5. The first-order valence-electron chi connectivity index (χ1n) is 28.3. The zero-order valence-electron chi connectivity index (χ0n) is 44.6. The van der Waals surface area contributed by atoms with E-state index in [1.165, 1.54) is 6.07 Å². The van der Waals surface area contributed by atoms with Gasteiger partial charge in [0, 0.05) is 80.9 Å². The number of ether oxygens (including phenoxy) is 3. The van der Waals surface area contributed by atoms with E-state index in [0.717, 1.165) is 81.2 Å². The summed E-state index contributed by atoms with van der Waals surface area (Å²) in [5.41, 5.74) is 2.17. The fraction of sp³-hybridized carbons (Fsp3) is 0.517. The molecule has 0 radical (unpaired) electrons. The largest absolute Gasteiger partial charge is 0.461 e. The van der Waals surface area contributed by atoms with Crippen molar-refractivity contribution in [2.24, 2.45) is 13.0 Å². The minimum Gasteiger partial charge on any atom is -0.461 e. The van der Waals surface area contributed by atoms with Gasteiger partial charge in [-0.15, -0.1) is 6.42 Å². The van der Waals surface area contributed by atoms with Crippen LogP contribution in [0, 0.1) is 29.9 Å². The summed E-state index contributed by atoms with van der Waals surface area (Å²) in [7, 11) is 1.87. The zero-order valence-corrected chi connectivity index (χ0v) is 44.6. The number of carbonyl (C=O) groups excluding carboxylic acids is 3. The van der Waals surface area contributed by atoms with Crippen LogP contribution in [0.1, 0.15) is 106 Å². The molecule has 7 aliphatic rings. The van der Waals surface area contributed by atoms with Crippen molar-refractivity contribution in [3.63, 3.8) is 0 Å². The third-order valence-electron chi connectivity index (χ3n) is 18.5. The fourth-order valence-electron chi connectivity index (χ4n) is 14.3. The number of imide groups is 1. The lowest BCUT2D eigenvalue weighted by atomic mass is 9.80. The molecule has 6 aromatic rings. The number of nitrogens with zero attached hydrogens (tertiary/aromatic N) is 9. The zero-order chi connectivity index (χ0) is 54.2. The van der Waals surface area contributed by atoms with Crippen LogP contribution in [0.3, 0.4) is 0 Å². The Kier molecular flexibility index (Phi) is 13.4. The van der Waals surface area contributed by atoms with Crippen LogP contribution in [0.15, 0.2) is 48.5 Å². The summed E-state index contributed by atoms with van der Waals surface area (Å²) in [5.74, 6) is 1.04. The quantitative estimate of drug-likeness (QED) is 0.103. The van der Waals surface area contributed by atoms with Gasteiger partial charge in [0.25, 0.3) is 0 Å². The summed E-state index contributed by atoms with van der Waals surface area (Å²) in [6, 6.07) is 14.5. The molecule has 0 bridgehead atoms. The van der Waals surface area contributed by atoms with Crippen molar-refractivity contribution < 1.29 is 41.8 Å². The summed E-state index contributed by atoms with van der Waals surface area (Å²) in [6.07, 6.45) is 14.3. The summed E-state index contributed by atoms with van der Waals surface area (Å²) in [4.78, 5) is 61.5. The molecule has 7 aliphatic heterocycles. The van der Waals surface area contributed by atoms with E-state index < -0.39 is 29.3 Å². The molecular formula is C60H65F3N10O6. The van der Waals surface area contributed by atoms with E-state index in [1.807, 2.05) is 19.2 Å². The van der Waals surface area contributed by atoms with Gasteiger partial charge in [-0.1, -0.05) is 30.2 Å². The second kappa shape index (κ2) is 20.6. The Bertz CT molecular complexity index is 3460. The van der Waals surface area contributed by atoms with Gasteiger partial charge in [0.2, 0.25) is 11.8 Å². The molecular weight excluding hydrogens is 1010 g/mol. The van der Waals surface area contributed by atoms with Crippen molar-refractivity contribution in [3.8, 4) is 29.6 Å². The number of terminal acetylenes is 1. The molecule has 6 fully saturated rings. The molecule has 3 amide bonds. The van der Waals surface area contributed by atoms with E-state index in [1.54, 1.807) is 27.8 Å². The number of benzene rings is 3. The Hall–Kier alpha value is -7.04. The molecule has 10 heterocycles. The van der Waals surface area contributed by atoms with Crippen molar-refractivity contribution >= 4 is 62.0 Å². The van der Waals surface area contributed by atoms with E-state index in [9.17, 15) is 14.4 Å². The molecule has 16 nitrogen and oxygen atoms in total. The molecule has 79 heavy (non-hydrogen) atoms. The summed E-state index contributed by atoms with van der Waals surface area (Å²) in [6.45, 7) is 5.24. The molecule has 0 aliphatic carbocycles. The highest BCUT2D eigenvalue weighted by Crippen LogP contribution is 2.45. The molecule has 13 rings (SSSR count). The number of hydrogen-bond donors (Lipinski definition) is 1. The molecule has 1 unspecified atom stereocenters. The van der Waals surface area contributed by atoms with Crippen LogP contribution < -0.4 is 19.9 Å². The van der Waals surface area contributed by atoms with Crippen LogP contribution in [-0.4, -0.2) is 141 Å². The first kappa shape index (κ1) is 51.4. The molecule has 4 atom stereocenters. The lowest BCUT2D eigenvalue weighted by molar-refractivity contribution is -0.134. The normalized spacial score (nSPS) is 24.5. The minimum atomic E-state index is -1.35. The second-order valence-electron chi connectivity index (χ2n) is 23.1. The average molecular weight is 1080 g/mol. The molecule has 1 N–H and O–H groups in total. The molecule has 3 aromatic heterocycles. The third-order valence-corrected chi connectivity index (χ3v) is 18.5. The lowest BCUT2D eigenvalue weighted by Crippen LogP contribution is -2.49. The van der Waals surface area contributed by atoms with E-state index in [2.05, 4.69) is 38.1 Å². The molecule has 0 saturated carbocycles. The van der Waals surface area contributed by atoms with Crippen LogP contribution in [0.25, 0.3) is 43.8 Å². The Morgan fingerprint density at radius 3 is 2.58 bits per heavy atom. The number of piperidine rings is 3. The highest BCUT2D eigenvalue weighted by molar-refractivity contribution is 6.04. The molecule has 3 aromatic carbocycles. The van der Waals surface area contributed by atoms with Gasteiger partial charge in [-0.2, -0.15) is 15.1 Å². The maximum Gasteiger partial charge on any atom is 0.409 e. The maximum absolute atomic E-state index is 17.5. The smallest absolute Gasteiger partial charge is 0.409 e. The molecule has 412 valence electrons. The number of amides is 3. The minimum absolute atomic E-state index is 0.0230. The number of fused-ring (bicyclic) bond motifs is 5. The van der Waals surface area contributed by atoms with Gasteiger partial charge in [0.05, 0.1) is 52.0 Å². The number of pyridine rings is 1. The van der Waals surface area contributed by atoms with Crippen LogP contribution in [-0.2, 0) is 32.5 Å². The van der Waals surface area contributed by atoms with E-state index in [4.69, 9.17) is 40.7 Å². The van der Waals surface area contributed by atoms with Crippen molar-refractivity contribution in [1.29, 1.82) is 0 Å². The van der Waals surface area contributed by atoms with Crippen molar-refractivity contribution in [1.82, 2.24) is 39.8 Å². The number of carbonyl (C=O) groups is 3. The number of halogens is 3. The highest BCUT2D eigenvalue weighted by Gasteiger charge is 2.51. The molecule has 0 spiro atoms. The average Bonchev–Trinajstić information content (AvgIpc) is 4.28. The van der Waals surface area contributed by atoms with Gasteiger partial charge in [0.1, 0.15) is 41.7 Å². The van der Waals surface area contributed by atoms with Crippen LogP contribution >= 0.6 is 0 Å². The number of nitrogens with one attached hydrogen (secondary N) is 1. The van der Waals surface area contributed by atoms with Gasteiger partial charge in [-0.25, -0.2) is 22.9 Å². The fourth-order valence-corrected chi connectivity index (χ4v) is 14.3. The summed E-state index contributed by atoms with van der Waals surface area (Å²) < 4.78 is 69.7. The number of alkyl halides is 1. The van der Waals surface area contributed by atoms with Crippen LogP contribution in [0.4, 0.5) is 29.5 Å². The Balaban J connectivity index is 0.640. The predicted octanol–water partition coefficient (Wildman–Crippen LogP) is 8.68. The predicted molar refractivity (Wildman–Crippen MR) is 292 cm³/mol. The number of aromatic nitrogens is 5. The number of rotatable bonds is 10. The van der Waals surface area contributed by atoms with Crippen molar-refractivity contribution in [3.05, 3.63) is 77.1 Å². The number of likely N-dealkylation sites (tertiary alicyclic amines) is 1. The van der Waals surface area contributed by atoms with Gasteiger partial charge in [0.15, 0.2) is 5.82 Å². The summed E-state index contributed by atoms with van der Waals surface area (Å²) in [5, 5.41) is 9.67. The second-order valence-corrected chi connectivity index (χ2v) is 23.1. The van der Waals surface area contributed by atoms with E-state index in [0.29, 0.717) is 104 Å². The Morgan fingerprint density at radius 2 is 1.76 bits per heavy atom. The van der Waals surface area contributed by atoms with E-state index in [-0.39, 0.29) is 84.2 Å². The number of aryl methyl sites for hydroxylation is 2. The van der Waals surface area contributed by atoms with E-state index >= 15 is 13.2 Å². The van der Waals surface area contributed by atoms with Gasteiger partial charge in [-0.05, 0) is 126 Å². The molecule has 19 heteroatoms. The topological polar surface area (TPSA) is 160 Å². The van der Waals surface area contributed by atoms with Crippen LogP contribution in [0.2, 0.25) is 0 Å². The van der Waals surface area contributed by atoms with Gasteiger partial charge >= 0.3 is 12.1 Å². The summed E-state index contributed by atoms with van der Waals surface area (Å²) >= 11 is 0. The number of hydrogen-bond acceptors (Lipinski definition) is 13. The Morgan fingerprint density at radius 1 is 0.911 bits per heavy atom. The first-order valence-corrected chi connectivity index (χ1v) is 28.3. The third kappa shape index (κ3) is 9.35. The molecule has 6 saturated heterocycles. The van der Waals surface area contributed by atoms with Crippen molar-refractivity contribution in [2.45, 2.75) is 119 Å². The standard InChI is InChI=1S/C60H65F3N10O6/c1-3-41-45(61)14-9-37-7-4-8-43(49(37)41)53-51(62)54-50-46(64-53)15-11-39-33-77-30-6-24-72(39)55(50)67-57(66-54)79-35-60-20-5-25-73(60)40(17-21-60)34-78-58(76)71-28-22-59(63,23-29-71)32-36-18-26-70(27-19-36)38-10-12-42-47(31-38)69(2)68-52(42)44-13-16-48(74)65-56(44)75/h1,4,7-10,12,14,31,36,39-40,44H,5-6,11,13,15-30,32-35H2,2H3,(H,65,74,75)/t39-,40-,44?,60-/m0/s1. The van der Waals surface area contributed by atoms with Gasteiger partial charge in [-0.3, -0.25) is 24.5 Å². The highest BCUT2D eigenvalue weighted by atomic mass is 19.1. The van der Waals surface area contributed by atoms with Crippen molar-refractivity contribution in [2.75, 3.05) is 75.5 Å². The monoisotopic (exact) mass is 1080 g/mol. The van der Waals surface area contributed by atoms with Gasteiger partial charge < -0.3 is 28.9 Å².